The van der Waals surface area contributed by atoms with Gasteiger partial charge in [0.25, 0.3) is 11.8 Å². The number of halogens is 3. The zero-order valence-electron chi connectivity index (χ0n) is 21.3. The summed E-state index contributed by atoms with van der Waals surface area (Å²) in [7, 11) is 0. The van der Waals surface area contributed by atoms with Crippen molar-refractivity contribution in [2.45, 2.75) is 64.4 Å². The summed E-state index contributed by atoms with van der Waals surface area (Å²) >= 11 is 0. The molecule has 1 aliphatic carbocycles. The molecule has 9 nitrogen and oxygen atoms in total. The molecule has 0 saturated heterocycles. The van der Waals surface area contributed by atoms with Gasteiger partial charge in [-0.05, 0) is 69.7 Å². The van der Waals surface area contributed by atoms with Crippen LogP contribution in [0.1, 0.15) is 71.9 Å². The van der Waals surface area contributed by atoms with Crippen LogP contribution < -0.4 is 11.1 Å². The molecule has 202 valence electrons. The molecule has 3 heterocycles. The number of carbonyl (C=O) groups is 2. The van der Waals surface area contributed by atoms with Crippen molar-refractivity contribution < 1.29 is 27.9 Å². The number of hydrogen-bond acceptors (Lipinski definition) is 6. The Bertz CT molecular complexity index is 1440. The van der Waals surface area contributed by atoms with Gasteiger partial charge in [0.1, 0.15) is 5.56 Å². The van der Waals surface area contributed by atoms with Crippen LogP contribution in [0, 0.1) is 5.92 Å². The lowest BCUT2D eigenvalue weighted by Gasteiger charge is -2.24. The van der Waals surface area contributed by atoms with Crippen LogP contribution in [0.3, 0.4) is 0 Å². The van der Waals surface area contributed by atoms with Gasteiger partial charge < -0.3 is 21.1 Å². The molecule has 3 aromatic rings. The quantitative estimate of drug-likeness (QED) is 0.428. The van der Waals surface area contributed by atoms with Crippen LogP contribution in [0.15, 0.2) is 24.4 Å². The summed E-state index contributed by atoms with van der Waals surface area (Å²) in [5, 5.41) is 16.6. The summed E-state index contributed by atoms with van der Waals surface area (Å²) in [6.45, 7) is 5.37. The predicted molar refractivity (Wildman–Crippen MR) is 133 cm³/mol. The van der Waals surface area contributed by atoms with E-state index in [2.05, 4.69) is 15.4 Å². The Morgan fingerprint density at radius 2 is 2.00 bits per heavy atom. The Morgan fingerprint density at radius 3 is 2.63 bits per heavy atom. The summed E-state index contributed by atoms with van der Waals surface area (Å²) in [6.07, 6.45) is -1.06. The molecular formula is C26H29F3N6O3. The Hall–Kier alpha value is -3.67. The van der Waals surface area contributed by atoms with Crippen molar-refractivity contribution in [1.82, 2.24) is 24.8 Å². The van der Waals surface area contributed by atoms with Gasteiger partial charge in [0, 0.05) is 30.9 Å². The molecule has 1 aliphatic heterocycles. The molecule has 2 aliphatic rings. The van der Waals surface area contributed by atoms with Crippen LogP contribution in [0.4, 0.5) is 19.0 Å². The highest BCUT2D eigenvalue weighted by Crippen LogP contribution is 2.43. The lowest BCUT2D eigenvalue weighted by molar-refractivity contribution is -0.137. The molecule has 12 heteroatoms. The number of nitrogen functional groups attached to an aromatic ring is 1. The third-order valence-electron chi connectivity index (χ3n) is 7.19. The number of aliphatic hydroxyl groups is 1. The number of nitrogens with two attached hydrogens (primary N) is 1. The van der Waals surface area contributed by atoms with Gasteiger partial charge in [-0.15, -0.1) is 5.10 Å². The monoisotopic (exact) mass is 530 g/mol. The second-order valence-corrected chi connectivity index (χ2v) is 10.7. The van der Waals surface area contributed by atoms with E-state index in [1.165, 1.54) is 21.7 Å². The van der Waals surface area contributed by atoms with Crippen molar-refractivity contribution in [3.05, 3.63) is 46.6 Å². The fraction of sp³-hybridized carbons (Fsp3) is 0.462. The number of nitrogens with one attached hydrogen (secondary N) is 1. The van der Waals surface area contributed by atoms with Gasteiger partial charge in [-0.1, -0.05) is 0 Å². The van der Waals surface area contributed by atoms with Crippen LogP contribution in [-0.4, -0.2) is 54.6 Å². The highest BCUT2D eigenvalue weighted by molar-refractivity contribution is 6.04. The predicted octanol–water partition coefficient (Wildman–Crippen LogP) is 3.64. The van der Waals surface area contributed by atoms with Gasteiger partial charge in [-0.2, -0.15) is 13.2 Å². The average Bonchev–Trinajstić information content (AvgIpc) is 3.54. The maximum absolute atomic E-state index is 14.1. The first kappa shape index (κ1) is 26.0. The SMILES string of the molecule is CC(C1CC1)N1Cc2cc(-c3ccn4nc(N)c(C(=O)NCCC(C)(C)O)c4n3)cc(C(F)(F)F)c2C1=O. The van der Waals surface area contributed by atoms with Gasteiger partial charge in [0.15, 0.2) is 11.5 Å². The highest BCUT2D eigenvalue weighted by atomic mass is 19.4. The zero-order chi connectivity index (χ0) is 27.6. The van der Waals surface area contributed by atoms with E-state index in [4.69, 9.17) is 5.73 Å². The van der Waals surface area contributed by atoms with Crippen molar-refractivity contribution in [3.8, 4) is 11.3 Å². The van der Waals surface area contributed by atoms with E-state index in [0.717, 1.165) is 18.9 Å². The van der Waals surface area contributed by atoms with E-state index >= 15 is 0 Å². The number of anilines is 1. The Kier molecular flexibility index (Phi) is 6.13. The number of carbonyl (C=O) groups excluding carboxylic acids is 2. The minimum atomic E-state index is -4.74. The number of aromatic nitrogens is 3. The summed E-state index contributed by atoms with van der Waals surface area (Å²) in [6, 6.07) is 3.84. The molecule has 1 saturated carbocycles. The van der Waals surface area contributed by atoms with E-state index in [-0.39, 0.29) is 53.0 Å². The normalized spacial score (nSPS) is 16.7. The Morgan fingerprint density at radius 1 is 1.29 bits per heavy atom. The van der Waals surface area contributed by atoms with E-state index in [1.807, 2.05) is 6.92 Å². The molecular weight excluding hydrogens is 501 g/mol. The standard InChI is InChI=1S/C26H29F3N6O3/c1-13(14-4-5-14)34-12-16-10-15(11-17(26(27,28)29)19(16)24(34)37)18-6-9-35-22(32-18)20(21(30)33-35)23(36)31-8-7-25(2,3)38/h6,9-11,13-14,38H,4-5,7-8,12H2,1-3H3,(H2,30,33)(H,31,36). The van der Waals surface area contributed by atoms with Gasteiger partial charge in [0.05, 0.1) is 22.4 Å². The lowest BCUT2D eigenvalue weighted by Crippen LogP contribution is -2.35. The lowest BCUT2D eigenvalue weighted by atomic mass is 9.97. The Labute approximate surface area is 216 Å². The third-order valence-corrected chi connectivity index (χ3v) is 7.19. The summed E-state index contributed by atoms with van der Waals surface area (Å²) in [5.74, 6) is -0.941. The van der Waals surface area contributed by atoms with Crippen LogP contribution in [0.5, 0.6) is 0 Å². The van der Waals surface area contributed by atoms with Crippen molar-refractivity contribution in [1.29, 1.82) is 0 Å². The maximum Gasteiger partial charge on any atom is 0.417 e. The summed E-state index contributed by atoms with van der Waals surface area (Å²) < 4.78 is 43.7. The fourth-order valence-corrected chi connectivity index (χ4v) is 4.91. The van der Waals surface area contributed by atoms with Crippen LogP contribution >= 0.6 is 0 Å². The molecule has 2 aromatic heterocycles. The molecule has 1 atom stereocenters. The molecule has 5 rings (SSSR count). The molecule has 0 spiro atoms. The molecule has 2 amide bonds. The minimum absolute atomic E-state index is 0.0144. The number of fused-ring (bicyclic) bond motifs is 2. The minimum Gasteiger partial charge on any atom is -0.390 e. The number of hydrogen-bond donors (Lipinski definition) is 3. The van der Waals surface area contributed by atoms with E-state index in [1.54, 1.807) is 19.9 Å². The number of benzene rings is 1. The first-order valence-electron chi connectivity index (χ1n) is 12.5. The largest absolute Gasteiger partial charge is 0.417 e. The summed E-state index contributed by atoms with van der Waals surface area (Å²) in [4.78, 5) is 31.9. The number of alkyl halides is 3. The number of rotatable bonds is 7. The van der Waals surface area contributed by atoms with Crippen molar-refractivity contribution in [2.75, 3.05) is 12.3 Å². The molecule has 0 bridgehead atoms. The zero-order valence-corrected chi connectivity index (χ0v) is 21.3. The van der Waals surface area contributed by atoms with Crippen molar-refractivity contribution in [3.63, 3.8) is 0 Å². The van der Waals surface area contributed by atoms with Gasteiger partial charge in [-0.3, -0.25) is 9.59 Å². The van der Waals surface area contributed by atoms with E-state index < -0.39 is 29.2 Å². The molecule has 4 N–H and O–H groups in total. The topological polar surface area (TPSA) is 126 Å². The van der Waals surface area contributed by atoms with Crippen LogP contribution in [0.2, 0.25) is 0 Å². The van der Waals surface area contributed by atoms with Crippen LogP contribution in [-0.2, 0) is 12.7 Å². The fourth-order valence-electron chi connectivity index (χ4n) is 4.91. The molecule has 1 aromatic carbocycles. The van der Waals surface area contributed by atoms with E-state index in [9.17, 15) is 27.9 Å². The van der Waals surface area contributed by atoms with Crippen molar-refractivity contribution >= 4 is 23.3 Å². The summed E-state index contributed by atoms with van der Waals surface area (Å²) in [5.41, 5.74) is 4.38. The first-order chi connectivity index (χ1) is 17.7. The van der Waals surface area contributed by atoms with Gasteiger partial charge in [-0.25, -0.2) is 9.50 Å². The second kappa shape index (κ2) is 8.97. The molecule has 0 radical (unpaired) electrons. The number of amides is 2. The van der Waals surface area contributed by atoms with E-state index in [0.29, 0.717) is 17.9 Å². The van der Waals surface area contributed by atoms with Gasteiger partial charge in [0.2, 0.25) is 0 Å². The molecule has 38 heavy (non-hydrogen) atoms. The average molecular weight is 531 g/mol. The van der Waals surface area contributed by atoms with Crippen LogP contribution in [0.25, 0.3) is 16.9 Å². The first-order valence-corrected chi connectivity index (χ1v) is 12.5. The Balaban J connectivity index is 1.53. The smallest absolute Gasteiger partial charge is 0.390 e. The molecule has 1 fully saturated rings. The van der Waals surface area contributed by atoms with Crippen molar-refractivity contribution in [2.24, 2.45) is 5.92 Å². The van der Waals surface area contributed by atoms with Gasteiger partial charge >= 0.3 is 6.18 Å². The maximum atomic E-state index is 14.1. The third kappa shape index (κ3) is 4.80. The molecule has 1 unspecified atom stereocenters. The highest BCUT2D eigenvalue weighted by Gasteiger charge is 2.44. The second-order valence-electron chi connectivity index (χ2n) is 10.7. The number of nitrogens with zero attached hydrogens (tertiary/aromatic N) is 4.